The molecule has 2 N–H and O–H groups in total. The van der Waals surface area contributed by atoms with Crippen LogP contribution in [-0.2, 0) is 11.2 Å². The van der Waals surface area contributed by atoms with Crippen LogP contribution < -0.4 is 20.1 Å². The summed E-state index contributed by atoms with van der Waals surface area (Å²) in [5, 5.41) is 5.62. The Morgan fingerprint density at radius 2 is 1.93 bits per heavy atom. The smallest absolute Gasteiger partial charge is 0.322 e. The van der Waals surface area contributed by atoms with Crippen molar-refractivity contribution < 1.29 is 19.1 Å². The van der Waals surface area contributed by atoms with E-state index in [1.165, 1.54) is 0 Å². The van der Waals surface area contributed by atoms with E-state index in [0.717, 1.165) is 35.5 Å². The maximum atomic E-state index is 13.1. The van der Waals surface area contributed by atoms with Gasteiger partial charge in [0.1, 0.15) is 13.2 Å². The van der Waals surface area contributed by atoms with Crippen LogP contribution in [0.2, 0.25) is 0 Å². The van der Waals surface area contributed by atoms with E-state index in [0.29, 0.717) is 25.4 Å². The lowest BCUT2D eigenvalue weighted by Gasteiger charge is -2.29. The van der Waals surface area contributed by atoms with Crippen LogP contribution in [0.4, 0.5) is 10.5 Å². The van der Waals surface area contributed by atoms with Gasteiger partial charge in [-0.2, -0.15) is 0 Å². The molecule has 7 nitrogen and oxygen atoms in total. The number of nitrogens with one attached hydrogen (secondary N) is 2. The SMILES string of the molecule is CNC(=O)Cc1ccccc1NC(=O)N1CCC[C@H]1c1cccc2c1OCCO2. The quantitative estimate of drug-likeness (QED) is 0.834. The first-order valence-electron chi connectivity index (χ1n) is 9.92. The molecule has 0 bridgehead atoms. The molecule has 152 valence electrons. The number of urea groups is 1. The van der Waals surface area contributed by atoms with E-state index < -0.39 is 0 Å². The van der Waals surface area contributed by atoms with Crippen molar-refractivity contribution in [3.8, 4) is 11.5 Å². The predicted molar refractivity (Wildman–Crippen MR) is 109 cm³/mol. The molecular formula is C22H25N3O4. The van der Waals surface area contributed by atoms with Gasteiger partial charge in [0.05, 0.1) is 12.5 Å². The van der Waals surface area contributed by atoms with Crippen LogP contribution in [0, 0.1) is 0 Å². The number of ether oxygens (including phenoxy) is 2. The fraction of sp³-hybridized carbons (Fsp3) is 0.364. The Morgan fingerprint density at radius 3 is 2.79 bits per heavy atom. The zero-order chi connectivity index (χ0) is 20.2. The second kappa shape index (κ2) is 8.43. The molecular weight excluding hydrogens is 370 g/mol. The number of carbonyl (C=O) groups is 2. The minimum Gasteiger partial charge on any atom is -0.486 e. The van der Waals surface area contributed by atoms with Gasteiger partial charge < -0.3 is 25.0 Å². The molecule has 0 radical (unpaired) electrons. The lowest BCUT2D eigenvalue weighted by Crippen LogP contribution is -2.35. The van der Waals surface area contributed by atoms with E-state index in [1.807, 2.05) is 47.4 Å². The Hall–Kier alpha value is -3.22. The van der Waals surface area contributed by atoms with Gasteiger partial charge in [-0.3, -0.25) is 4.79 Å². The van der Waals surface area contributed by atoms with Crippen LogP contribution in [0.15, 0.2) is 42.5 Å². The summed E-state index contributed by atoms with van der Waals surface area (Å²) in [4.78, 5) is 26.7. The molecule has 2 aromatic rings. The standard InChI is InChI=1S/C22H25N3O4/c1-23-20(26)14-15-6-2-3-8-17(15)24-22(27)25-11-5-9-18(25)16-7-4-10-19-21(16)29-13-12-28-19/h2-4,6-8,10,18H,5,9,11-14H2,1H3,(H,23,26)(H,24,27)/t18-/m0/s1. The van der Waals surface area contributed by atoms with Gasteiger partial charge in [-0.25, -0.2) is 4.79 Å². The van der Waals surface area contributed by atoms with Gasteiger partial charge in [-0.1, -0.05) is 30.3 Å². The average Bonchev–Trinajstić information content (AvgIpc) is 3.24. The van der Waals surface area contributed by atoms with Gasteiger partial charge in [0.25, 0.3) is 0 Å². The second-order valence-corrected chi connectivity index (χ2v) is 7.16. The highest BCUT2D eigenvalue weighted by Gasteiger charge is 2.33. The average molecular weight is 395 g/mol. The van der Waals surface area contributed by atoms with Crippen LogP contribution in [0.5, 0.6) is 11.5 Å². The molecule has 0 unspecified atom stereocenters. The highest BCUT2D eigenvalue weighted by atomic mass is 16.6. The molecule has 0 aliphatic carbocycles. The molecule has 1 atom stereocenters. The number of likely N-dealkylation sites (tertiary alicyclic amines) is 1. The van der Waals surface area contributed by atoms with Crippen LogP contribution in [-0.4, -0.2) is 43.6 Å². The molecule has 2 aromatic carbocycles. The molecule has 1 saturated heterocycles. The summed E-state index contributed by atoms with van der Waals surface area (Å²) < 4.78 is 11.6. The number of anilines is 1. The predicted octanol–water partition coefficient (Wildman–Crippen LogP) is 3.12. The van der Waals surface area contributed by atoms with Crippen molar-refractivity contribution in [2.75, 3.05) is 32.1 Å². The van der Waals surface area contributed by atoms with Crippen molar-refractivity contribution in [1.82, 2.24) is 10.2 Å². The summed E-state index contributed by atoms with van der Waals surface area (Å²) in [6.45, 7) is 1.71. The van der Waals surface area contributed by atoms with Crippen molar-refractivity contribution >= 4 is 17.6 Å². The first kappa shape index (κ1) is 19.1. The normalized spacial score (nSPS) is 17.7. The van der Waals surface area contributed by atoms with Gasteiger partial charge >= 0.3 is 6.03 Å². The van der Waals surface area contributed by atoms with E-state index in [2.05, 4.69) is 10.6 Å². The number of hydrogen-bond acceptors (Lipinski definition) is 4. The van der Waals surface area contributed by atoms with E-state index in [1.54, 1.807) is 7.05 Å². The van der Waals surface area contributed by atoms with E-state index >= 15 is 0 Å². The Balaban J connectivity index is 1.55. The summed E-state index contributed by atoms with van der Waals surface area (Å²) in [6.07, 6.45) is 2.00. The van der Waals surface area contributed by atoms with E-state index in [4.69, 9.17) is 9.47 Å². The first-order valence-corrected chi connectivity index (χ1v) is 9.92. The number of carbonyl (C=O) groups excluding carboxylic acids is 2. The number of amides is 3. The van der Waals surface area contributed by atoms with E-state index in [9.17, 15) is 9.59 Å². The van der Waals surface area contributed by atoms with Crippen molar-refractivity contribution in [2.45, 2.75) is 25.3 Å². The van der Waals surface area contributed by atoms with Gasteiger partial charge in [-0.15, -0.1) is 0 Å². The molecule has 2 aliphatic rings. The third kappa shape index (κ3) is 3.99. The van der Waals surface area contributed by atoms with Gasteiger partial charge in [0, 0.05) is 24.8 Å². The molecule has 3 amide bonds. The fourth-order valence-corrected chi connectivity index (χ4v) is 3.94. The minimum absolute atomic E-state index is 0.0715. The maximum absolute atomic E-state index is 13.1. The van der Waals surface area contributed by atoms with Crippen LogP contribution >= 0.6 is 0 Å². The highest BCUT2D eigenvalue weighted by molar-refractivity contribution is 5.92. The first-order chi connectivity index (χ1) is 14.2. The second-order valence-electron chi connectivity index (χ2n) is 7.16. The highest BCUT2D eigenvalue weighted by Crippen LogP contribution is 2.42. The van der Waals surface area contributed by atoms with Crippen LogP contribution in [0.25, 0.3) is 0 Å². The molecule has 2 heterocycles. The zero-order valence-corrected chi connectivity index (χ0v) is 16.4. The Morgan fingerprint density at radius 1 is 1.10 bits per heavy atom. The number of rotatable bonds is 4. The van der Waals surface area contributed by atoms with Crippen molar-refractivity contribution in [1.29, 1.82) is 0 Å². The molecule has 29 heavy (non-hydrogen) atoms. The summed E-state index contributed by atoms with van der Waals surface area (Å²) in [5.74, 6) is 1.37. The third-order valence-corrected chi connectivity index (χ3v) is 5.36. The minimum atomic E-state index is -0.175. The summed E-state index contributed by atoms with van der Waals surface area (Å²) in [7, 11) is 1.60. The molecule has 0 saturated carbocycles. The monoisotopic (exact) mass is 395 g/mol. The van der Waals surface area contributed by atoms with Crippen molar-refractivity contribution in [3.63, 3.8) is 0 Å². The third-order valence-electron chi connectivity index (χ3n) is 5.36. The Bertz CT molecular complexity index is 915. The summed E-state index contributed by atoms with van der Waals surface area (Å²) >= 11 is 0. The zero-order valence-electron chi connectivity index (χ0n) is 16.4. The number of nitrogens with zero attached hydrogens (tertiary/aromatic N) is 1. The van der Waals surface area contributed by atoms with Gasteiger partial charge in [-0.05, 0) is 30.5 Å². The van der Waals surface area contributed by atoms with Crippen LogP contribution in [0.3, 0.4) is 0 Å². The number of benzene rings is 2. The van der Waals surface area contributed by atoms with Gasteiger partial charge in [0.2, 0.25) is 5.91 Å². The Labute approximate surface area is 170 Å². The van der Waals surface area contributed by atoms with E-state index in [-0.39, 0.29) is 24.4 Å². The molecule has 4 rings (SSSR count). The lowest BCUT2D eigenvalue weighted by atomic mass is 10.0. The summed E-state index contributed by atoms with van der Waals surface area (Å²) in [5.41, 5.74) is 2.42. The molecule has 7 heteroatoms. The largest absolute Gasteiger partial charge is 0.486 e. The van der Waals surface area contributed by atoms with Crippen molar-refractivity contribution in [3.05, 3.63) is 53.6 Å². The fourth-order valence-electron chi connectivity index (χ4n) is 3.94. The summed E-state index contributed by atoms with van der Waals surface area (Å²) in [6, 6.07) is 13.0. The van der Waals surface area contributed by atoms with Gasteiger partial charge in [0.15, 0.2) is 11.5 Å². The number of likely N-dealkylation sites (N-methyl/N-ethyl adjacent to an activating group) is 1. The topological polar surface area (TPSA) is 79.9 Å². The molecule has 0 aromatic heterocycles. The van der Waals surface area contributed by atoms with Crippen molar-refractivity contribution in [2.24, 2.45) is 0 Å². The Kier molecular flexibility index (Phi) is 5.55. The molecule has 2 aliphatic heterocycles. The molecule has 1 fully saturated rings. The number of fused-ring (bicyclic) bond motifs is 1. The number of para-hydroxylation sites is 2. The lowest BCUT2D eigenvalue weighted by molar-refractivity contribution is -0.119. The molecule has 0 spiro atoms. The maximum Gasteiger partial charge on any atom is 0.322 e. The number of hydrogen-bond donors (Lipinski definition) is 2. The van der Waals surface area contributed by atoms with Crippen LogP contribution in [0.1, 0.15) is 30.0 Å².